The number of aliphatic hydroxyl groups excluding tert-OH is 1. The Morgan fingerprint density at radius 1 is 1.38 bits per heavy atom. The van der Waals surface area contributed by atoms with E-state index in [4.69, 9.17) is 11.6 Å². The number of hydrogen-bond donors (Lipinski definition) is 1. The molecule has 13 heavy (non-hydrogen) atoms. The van der Waals surface area contributed by atoms with Crippen LogP contribution in [0.3, 0.4) is 0 Å². The number of rotatable bonds is 2. The molecule has 72 valence electrons. The fraction of sp³-hybridized carbons (Fsp3) is 0.455. The molecule has 0 heterocycles. The second-order valence-electron chi connectivity index (χ2n) is 3.98. The van der Waals surface area contributed by atoms with Gasteiger partial charge in [-0.25, -0.2) is 0 Å². The van der Waals surface area contributed by atoms with Gasteiger partial charge in [-0.3, -0.25) is 0 Å². The minimum Gasteiger partial charge on any atom is -0.395 e. The van der Waals surface area contributed by atoms with E-state index in [9.17, 15) is 5.11 Å². The summed E-state index contributed by atoms with van der Waals surface area (Å²) in [5.74, 6) is 0. The van der Waals surface area contributed by atoms with Crippen LogP contribution in [-0.4, -0.2) is 11.7 Å². The molecule has 1 aromatic carbocycles. The third-order valence-electron chi connectivity index (χ3n) is 2.32. The van der Waals surface area contributed by atoms with Gasteiger partial charge in [-0.1, -0.05) is 43.6 Å². The van der Waals surface area contributed by atoms with E-state index in [2.05, 4.69) is 0 Å². The summed E-state index contributed by atoms with van der Waals surface area (Å²) >= 11 is 6.15. The summed E-state index contributed by atoms with van der Waals surface area (Å²) in [5.41, 5.74) is 1.81. The number of benzene rings is 1. The first kappa shape index (κ1) is 10.6. The van der Waals surface area contributed by atoms with Gasteiger partial charge in [0, 0.05) is 10.4 Å². The SMILES string of the molecule is Cc1cccc(C(C)(C)CO)c1Cl. The highest BCUT2D eigenvalue weighted by Crippen LogP contribution is 2.31. The maximum atomic E-state index is 9.20. The summed E-state index contributed by atoms with van der Waals surface area (Å²) in [6, 6.07) is 5.90. The molecule has 0 radical (unpaired) electrons. The maximum absolute atomic E-state index is 9.20. The minimum absolute atomic E-state index is 0.107. The number of aliphatic hydroxyl groups is 1. The van der Waals surface area contributed by atoms with Gasteiger partial charge in [-0.05, 0) is 18.1 Å². The Labute approximate surface area is 84.4 Å². The highest BCUT2D eigenvalue weighted by atomic mass is 35.5. The third kappa shape index (κ3) is 2.04. The Hall–Kier alpha value is -0.530. The van der Waals surface area contributed by atoms with Crippen molar-refractivity contribution in [2.45, 2.75) is 26.2 Å². The zero-order valence-electron chi connectivity index (χ0n) is 8.26. The maximum Gasteiger partial charge on any atom is 0.0523 e. The van der Waals surface area contributed by atoms with Crippen molar-refractivity contribution in [1.82, 2.24) is 0 Å². The van der Waals surface area contributed by atoms with Crippen LogP contribution in [0.4, 0.5) is 0 Å². The predicted molar refractivity (Wildman–Crippen MR) is 56.3 cm³/mol. The van der Waals surface area contributed by atoms with Gasteiger partial charge in [0.05, 0.1) is 6.61 Å². The molecule has 0 aromatic heterocycles. The molecule has 1 aromatic rings. The van der Waals surface area contributed by atoms with E-state index in [0.29, 0.717) is 0 Å². The minimum atomic E-state index is -0.261. The van der Waals surface area contributed by atoms with Gasteiger partial charge >= 0.3 is 0 Å². The van der Waals surface area contributed by atoms with Crippen LogP contribution >= 0.6 is 11.6 Å². The van der Waals surface area contributed by atoms with Crippen LogP contribution in [0.2, 0.25) is 5.02 Å². The number of aryl methyl sites for hydroxylation is 1. The van der Waals surface area contributed by atoms with Gasteiger partial charge in [0.2, 0.25) is 0 Å². The molecule has 1 rings (SSSR count). The number of hydrogen-bond acceptors (Lipinski definition) is 1. The van der Waals surface area contributed by atoms with E-state index in [0.717, 1.165) is 16.1 Å². The van der Waals surface area contributed by atoms with Gasteiger partial charge in [-0.15, -0.1) is 0 Å². The summed E-state index contributed by atoms with van der Waals surface area (Å²) in [6.07, 6.45) is 0. The smallest absolute Gasteiger partial charge is 0.0523 e. The molecule has 1 nitrogen and oxygen atoms in total. The van der Waals surface area contributed by atoms with E-state index in [1.807, 2.05) is 39.0 Å². The number of halogens is 1. The summed E-state index contributed by atoms with van der Waals surface area (Å²) in [6.45, 7) is 6.04. The van der Waals surface area contributed by atoms with Crippen molar-refractivity contribution in [3.05, 3.63) is 34.3 Å². The van der Waals surface area contributed by atoms with Crippen LogP contribution in [0.1, 0.15) is 25.0 Å². The van der Waals surface area contributed by atoms with Crippen molar-refractivity contribution in [3.63, 3.8) is 0 Å². The highest BCUT2D eigenvalue weighted by molar-refractivity contribution is 6.32. The summed E-state index contributed by atoms with van der Waals surface area (Å²) in [5, 5.41) is 9.97. The lowest BCUT2D eigenvalue weighted by Gasteiger charge is -2.24. The van der Waals surface area contributed by atoms with Gasteiger partial charge in [-0.2, -0.15) is 0 Å². The molecule has 0 aliphatic heterocycles. The van der Waals surface area contributed by atoms with Crippen LogP contribution in [0.5, 0.6) is 0 Å². The second kappa shape index (κ2) is 3.69. The Kier molecular flexibility index (Phi) is 2.99. The first-order valence-electron chi connectivity index (χ1n) is 4.35. The molecular formula is C11H15ClO. The van der Waals surface area contributed by atoms with Gasteiger partial charge in [0.25, 0.3) is 0 Å². The van der Waals surface area contributed by atoms with Gasteiger partial charge < -0.3 is 5.11 Å². The molecule has 1 N–H and O–H groups in total. The monoisotopic (exact) mass is 198 g/mol. The molecule has 0 bridgehead atoms. The van der Waals surface area contributed by atoms with Crippen LogP contribution in [0.25, 0.3) is 0 Å². The lowest BCUT2D eigenvalue weighted by molar-refractivity contribution is 0.218. The van der Waals surface area contributed by atoms with Crippen LogP contribution in [0, 0.1) is 6.92 Å². The van der Waals surface area contributed by atoms with E-state index < -0.39 is 0 Å². The highest BCUT2D eigenvalue weighted by Gasteiger charge is 2.22. The standard InChI is InChI=1S/C11H15ClO/c1-8-5-4-6-9(10(8)12)11(2,3)7-13/h4-6,13H,7H2,1-3H3. The molecule has 0 saturated carbocycles. The van der Waals surface area contributed by atoms with E-state index in [-0.39, 0.29) is 12.0 Å². The Balaban J connectivity index is 3.22. The zero-order valence-corrected chi connectivity index (χ0v) is 9.02. The fourth-order valence-electron chi connectivity index (χ4n) is 1.26. The fourth-order valence-corrected chi connectivity index (χ4v) is 1.64. The Morgan fingerprint density at radius 2 is 2.00 bits per heavy atom. The van der Waals surface area contributed by atoms with Crippen LogP contribution < -0.4 is 0 Å². The summed E-state index contributed by atoms with van der Waals surface area (Å²) < 4.78 is 0. The topological polar surface area (TPSA) is 20.2 Å². The van der Waals surface area contributed by atoms with Gasteiger partial charge in [0.1, 0.15) is 0 Å². The molecular weight excluding hydrogens is 184 g/mol. The van der Waals surface area contributed by atoms with E-state index in [1.54, 1.807) is 0 Å². The molecule has 0 aliphatic carbocycles. The molecule has 0 spiro atoms. The molecule has 0 amide bonds. The second-order valence-corrected chi connectivity index (χ2v) is 4.36. The van der Waals surface area contributed by atoms with Crippen molar-refractivity contribution in [2.24, 2.45) is 0 Å². The van der Waals surface area contributed by atoms with Crippen molar-refractivity contribution >= 4 is 11.6 Å². The molecule has 0 fully saturated rings. The normalized spacial score (nSPS) is 11.8. The first-order valence-corrected chi connectivity index (χ1v) is 4.73. The van der Waals surface area contributed by atoms with E-state index >= 15 is 0 Å². The molecule has 0 unspecified atom stereocenters. The van der Waals surface area contributed by atoms with Crippen molar-refractivity contribution in [3.8, 4) is 0 Å². The molecule has 0 atom stereocenters. The van der Waals surface area contributed by atoms with Crippen molar-refractivity contribution in [2.75, 3.05) is 6.61 Å². The van der Waals surface area contributed by atoms with Crippen LogP contribution in [0.15, 0.2) is 18.2 Å². The predicted octanol–water partition coefficient (Wildman–Crippen LogP) is 2.92. The third-order valence-corrected chi connectivity index (χ3v) is 2.82. The average molecular weight is 199 g/mol. The molecule has 0 aliphatic rings. The van der Waals surface area contributed by atoms with Crippen molar-refractivity contribution < 1.29 is 5.11 Å². The van der Waals surface area contributed by atoms with E-state index in [1.165, 1.54) is 0 Å². The largest absolute Gasteiger partial charge is 0.395 e. The van der Waals surface area contributed by atoms with Gasteiger partial charge in [0.15, 0.2) is 0 Å². The zero-order chi connectivity index (χ0) is 10.1. The molecule has 0 saturated heterocycles. The van der Waals surface area contributed by atoms with Crippen LogP contribution in [-0.2, 0) is 5.41 Å². The summed E-state index contributed by atoms with van der Waals surface area (Å²) in [4.78, 5) is 0. The Bertz CT molecular complexity index is 305. The summed E-state index contributed by atoms with van der Waals surface area (Å²) in [7, 11) is 0. The lowest BCUT2D eigenvalue weighted by Crippen LogP contribution is -2.22. The average Bonchev–Trinajstić information content (AvgIpc) is 2.09. The van der Waals surface area contributed by atoms with Crippen molar-refractivity contribution in [1.29, 1.82) is 0 Å². The Morgan fingerprint density at radius 3 is 2.54 bits per heavy atom. The lowest BCUT2D eigenvalue weighted by atomic mass is 9.85. The quantitative estimate of drug-likeness (QED) is 0.775. The molecule has 2 heteroatoms. The first-order chi connectivity index (χ1) is 5.99.